The first-order valence-corrected chi connectivity index (χ1v) is 10.4. The van der Waals surface area contributed by atoms with Crippen LogP contribution in [0.3, 0.4) is 0 Å². The molecular formula is C16H16N4O6S2. The van der Waals surface area contributed by atoms with Gasteiger partial charge in [-0.15, -0.1) is 5.10 Å². The molecule has 0 saturated carbocycles. The summed E-state index contributed by atoms with van der Waals surface area (Å²) in [4.78, 5) is 16.3. The number of methoxy groups -OCH3 is 3. The maximum atomic E-state index is 12.4. The summed E-state index contributed by atoms with van der Waals surface area (Å²) in [6.07, 6.45) is 2.42. The van der Waals surface area contributed by atoms with Crippen LogP contribution < -0.4 is 14.2 Å². The van der Waals surface area contributed by atoms with E-state index in [2.05, 4.69) is 10.1 Å². The molecule has 148 valence electrons. The second-order valence-corrected chi connectivity index (χ2v) is 8.76. The lowest BCUT2D eigenvalue weighted by molar-refractivity contribution is -0.114. The number of amidine groups is 2. The third-order valence-corrected chi connectivity index (χ3v) is 6.33. The molecule has 0 aliphatic carbocycles. The number of carbonyl (C=O) groups is 1. The molecule has 0 unspecified atom stereocenters. The van der Waals surface area contributed by atoms with Crippen molar-refractivity contribution < 1.29 is 27.4 Å². The fourth-order valence-electron chi connectivity index (χ4n) is 2.48. The number of rotatable bonds is 4. The summed E-state index contributed by atoms with van der Waals surface area (Å²) < 4.78 is 39.0. The summed E-state index contributed by atoms with van der Waals surface area (Å²) in [6.45, 7) is 0. The highest BCUT2D eigenvalue weighted by atomic mass is 32.3. The Balaban J connectivity index is 2.06. The monoisotopic (exact) mass is 424 g/mol. The van der Waals surface area contributed by atoms with Gasteiger partial charge in [-0.2, -0.15) is 10.0 Å². The van der Waals surface area contributed by atoms with Gasteiger partial charge in [-0.25, -0.2) is 8.42 Å². The first-order valence-electron chi connectivity index (χ1n) is 7.70. The highest BCUT2D eigenvalue weighted by Crippen LogP contribution is 2.39. The van der Waals surface area contributed by atoms with E-state index in [1.165, 1.54) is 27.4 Å². The fourth-order valence-corrected chi connectivity index (χ4v) is 4.16. The number of benzene rings is 1. The minimum absolute atomic E-state index is 0.0254. The zero-order chi connectivity index (χ0) is 20.6. The van der Waals surface area contributed by atoms with Crippen LogP contribution in [0.4, 0.5) is 0 Å². The van der Waals surface area contributed by atoms with Crippen molar-refractivity contribution in [1.29, 1.82) is 5.41 Å². The molecule has 0 saturated heterocycles. The van der Waals surface area contributed by atoms with Crippen molar-refractivity contribution >= 4 is 49.0 Å². The van der Waals surface area contributed by atoms with Gasteiger partial charge in [0.15, 0.2) is 17.3 Å². The molecule has 2 aliphatic rings. The molecule has 1 N–H and O–H groups in total. The van der Waals surface area contributed by atoms with E-state index >= 15 is 0 Å². The number of hydrazone groups is 1. The van der Waals surface area contributed by atoms with E-state index in [0.717, 1.165) is 23.0 Å². The van der Waals surface area contributed by atoms with E-state index in [1.54, 1.807) is 12.1 Å². The molecule has 10 nitrogen and oxygen atoms in total. The van der Waals surface area contributed by atoms with Crippen molar-refractivity contribution in [3.05, 3.63) is 23.3 Å². The zero-order valence-corrected chi connectivity index (χ0v) is 17.0. The number of nitrogens with zero attached hydrogens (tertiary/aromatic N) is 3. The van der Waals surface area contributed by atoms with Gasteiger partial charge in [0.1, 0.15) is 0 Å². The molecular weight excluding hydrogens is 408 g/mol. The molecule has 0 radical (unpaired) electrons. The van der Waals surface area contributed by atoms with E-state index in [4.69, 9.17) is 19.6 Å². The van der Waals surface area contributed by atoms with Crippen molar-refractivity contribution in [3.8, 4) is 17.2 Å². The molecule has 1 amide bonds. The number of amides is 1. The number of hydrogen-bond donors (Lipinski definition) is 1. The van der Waals surface area contributed by atoms with Gasteiger partial charge in [-0.1, -0.05) is 0 Å². The summed E-state index contributed by atoms with van der Waals surface area (Å²) in [7, 11) is 0.802. The highest BCUT2D eigenvalue weighted by molar-refractivity contribution is 8.42. The zero-order valence-electron chi connectivity index (χ0n) is 15.3. The van der Waals surface area contributed by atoms with Gasteiger partial charge in [0.05, 0.1) is 26.9 Å². The minimum atomic E-state index is -3.59. The number of hydrogen-bond acceptors (Lipinski definition) is 9. The van der Waals surface area contributed by atoms with Gasteiger partial charge in [0.2, 0.25) is 25.1 Å². The lowest BCUT2D eigenvalue weighted by Crippen LogP contribution is -2.35. The number of nitrogens with one attached hydrogen (secondary N) is 1. The second kappa shape index (κ2) is 7.28. The average Bonchev–Trinajstić information content (AvgIpc) is 3.08. The Morgan fingerprint density at radius 2 is 1.75 bits per heavy atom. The summed E-state index contributed by atoms with van der Waals surface area (Å²) in [5.74, 6) is 0.178. The maximum absolute atomic E-state index is 12.4. The lowest BCUT2D eigenvalue weighted by Gasteiger charge is -2.20. The van der Waals surface area contributed by atoms with Crippen molar-refractivity contribution in [1.82, 2.24) is 5.01 Å². The largest absolute Gasteiger partial charge is 0.493 e. The summed E-state index contributed by atoms with van der Waals surface area (Å²) in [5, 5.41) is 13.2. The predicted molar refractivity (Wildman–Crippen MR) is 106 cm³/mol. The molecule has 0 fully saturated rings. The van der Waals surface area contributed by atoms with Crippen LogP contribution in [0.1, 0.15) is 5.56 Å². The molecule has 1 aromatic rings. The topological polar surface area (TPSA) is 131 Å². The Morgan fingerprint density at radius 1 is 1.14 bits per heavy atom. The minimum Gasteiger partial charge on any atom is -0.493 e. The Bertz CT molecular complexity index is 1050. The summed E-state index contributed by atoms with van der Waals surface area (Å²) >= 11 is 0.727. The van der Waals surface area contributed by atoms with Crippen molar-refractivity contribution in [2.75, 3.05) is 27.6 Å². The van der Waals surface area contributed by atoms with Crippen LogP contribution in [0.5, 0.6) is 17.2 Å². The van der Waals surface area contributed by atoms with E-state index in [1.807, 2.05) is 0 Å². The molecule has 0 aromatic heterocycles. The van der Waals surface area contributed by atoms with E-state index in [9.17, 15) is 13.2 Å². The van der Waals surface area contributed by atoms with Crippen LogP contribution in [-0.2, 0) is 14.6 Å². The normalized spacial score (nSPS) is 18.0. The number of fused-ring (bicyclic) bond motifs is 1. The molecule has 12 heteroatoms. The number of aliphatic imine (C=N–C) groups is 1. The van der Waals surface area contributed by atoms with E-state index < -0.39 is 15.7 Å². The van der Waals surface area contributed by atoms with Crippen LogP contribution in [0.25, 0.3) is 6.08 Å². The second-order valence-electron chi connectivity index (χ2n) is 5.62. The molecule has 1 aromatic carbocycles. The summed E-state index contributed by atoms with van der Waals surface area (Å²) in [5.41, 5.74) is 0.442. The Kier molecular flexibility index (Phi) is 5.17. The molecule has 28 heavy (non-hydrogen) atoms. The molecule has 2 heterocycles. The van der Waals surface area contributed by atoms with Crippen LogP contribution in [-0.4, -0.2) is 62.3 Å². The summed E-state index contributed by atoms with van der Waals surface area (Å²) in [6, 6.07) is 3.22. The van der Waals surface area contributed by atoms with Gasteiger partial charge in [-0.05, 0) is 35.5 Å². The molecule has 0 atom stereocenters. The number of thioether (sulfide) groups is 1. The van der Waals surface area contributed by atoms with E-state index in [0.29, 0.717) is 22.8 Å². The third kappa shape index (κ3) is 3.47. The van der Waals surface area contributed by atoms with Crippen LogP contribution in [0.2, 0.25) is 0 Å². The third-order valence-electron chi connectivity index (χ3n) is 3.75. The van der Waals surface area contributed by atoms with Crippen molar-refractivity contribution in [3.63, 3.8) is 0 Å². The van der Waals surface area contributed by atoms with Gasteiger partial charge < -0.3 is 14.2 Å². The van der Waals surface area contributed by atoms with Crippen LogP contribution in [0, 0.1) is 5.41 Å². The number of sulfone groups is 1. The quantitative estimate of drug-likeness (QED) is 0.717. The Morgan fingerprint density at radius 3 is 2.25 bits per heavy atom. The van der Waals surface area contributed by atoms with Gasteiger partial charge in [0, 0.05) is 6.26 Å². The smallest absolute Gasteiger partial charge is 0.283 e. The van der Waals surface area contributed by atoms with Crippen LogP contribution in [0.15, 0.2) is 27.8 Å². The average molecular weight is 424 g/mol. The predicted octanol–water partition coefficient (Wildman–Crippen LogP) is 1.33. The van der Waals surface area contributed by atoms with Gasteiger partial charge in [-0.3, -0.25) is 10.2 Å². The van der Waals surface area contributed by atoms with Gasteiger partial charge >= 0.3 is 0 Å². The Hall–Kier alpha value is -2.86. The molecule has 3 rings (SSSR count). The standard InChI is InChI=1S/C16H16N4O6S2/c1-24-10-6-8(7-11(25-2)12(10)26-3)5-9-13(17)20-15(18-14(9)21)27-16(19-20)28(4,22)23/h5-7,17H,1-4H3/b9-5+,17-13?. The number of ether oxygens (including phenoxy) is 3. The maximum Gasteiger partial charge on any atom is 0.283 e. The number of carbonyl (C=O) groups excluding carboxylic acids is 1. The van der Waals surface area contributed by atoms with Crippen LogP contribution >= 0.6 is 11.8 Å². The van der Waals surface area contributed by atoms with Crippen molar-refractivity contribution in [2.24, 2.45) is 10.1 Å². The Labute approximate surface area is 165 Å². The molecule has 2 aliphatic heterocycles. The van der Waals surface area contributed by atoms with Gasteiger partial charge in [0.25, 0.3) is 5.91 Å². The lowest BCUT2D eigenvalue weighted by atomic mass is 10.1. The van der Waals surface area contributed by atoms with E-state index in [-0.39, 0.29) is 21.0 Å². The first kappa shape index (κ1) is 19.9. The van der Waals surface area contributed by atoms with Crippen molar-refractivity contribution in [2.45, 2.75) is 0 Å². The first-order chi connectivity index (χ1) is 13.2. The highest BCUT2D eigenvalue weighted by Gasteiger charge is 2.38. The SMILES string of the molecule is COc1cc(/C=C2\C(=N)N3N=C(S(C)(=O)=O)SC3=NC2=O)cc(OC)c1OC. The fraction of sp³-hybridized carbons (Fsp3) is 0.250. The molecule has 0 bridgehead atoms. The molecule has 0 spiro atoms.